The lowest BCUT2D eigenvalue weighted by Gasteiger charge is -2.33. The van der Waals surface area contributed by atoms with Crippen LogP contribution in [-0.4, -0.2) is 78.1 Å². The van der Waals surface area contributed by atoms with Crippen LogP contribution in [0.2, 0.25) is 0 Å². The van der Waals surface area contributed by atoms with E-state index in [9.17, 15) is 17.2 Å². The number of nitrogens with one attached hydrogen (secondary N) is 2. The molecule has 0 amide bonds. The van der Waals surface area contributed by atoms with E-state index < -0.39 is 28.4 Å². The van der Waals surface area contributed by atoms with Crippen molar-refractivity contribution in [2.24, 2.45) is 0 Å². The van der Waals surface area contributed by atoms with Gasteiger partial charge in [0.1, 0.15) is 18.0 Å². The van der Waals surface area contributed by atoms with E-state index in [1.807, 2.05) is 16.8 Å². The lowest BCUT2D eigenvalue weighted by atomic mass is 10.1. The molecular formula is C18H26F2N6O2S. The molecule has 0 aromatic carbocycles. The van der Waals surface area contributed by atoms with Crippen LogP contribution in [0, 0.1) is 0 Å². The Hall–Kier alpha value is -1.85. The average molecular weight is 429 g/mol. The van der Waals surface area contributed by atoms with Crippen LogP contribution in [0.5, 0.6) is 0 Å². The zero-order valence-corrected chi connectivity index (χ0v) is 17.1. The molecule has 2 fully saturated rings. The predicted molar refractivity (Wildman–Crippen MR) is 107 cm³/mol. The summed E-state index contributed by atoms with van der Waals surface area (Å²) in [6.07, 6.45) is 4.07. The highest BCUT2D eigenvalue weighted by Crippen LogP contribution is 2.28. The van der Waals surface area contributed by atoms with E-state index in [0.717, 1.165) is 28.9 Å². The number of rotatable bonds is 4. The Balaban J connectivity index is 1.53. The van der Waals surface area contributed by atoms with Gasteiger partial charge in [0.2, 0.25) is 16.0 Å². The van der Waals surface area contributed by atoms with Gasteiger partial charge < -0.3 is 15.2 Å². The minimum absolute atomic E-state index is 0.187. The van der Waals surface area contributed by atoms with Gasteiger partial charge in [0.05, 0.1) is 18.3 Å². The molecule has 0 bridgehead atoms. The molecule has 2 saturated heterocycles. The molecule has 2 aromatic heterocycles. The summed E-state index contributed by atoms with van der Waals surface area (Å²) in [4.78, 5) is 8.79. The Morgan fingerprint density at radius 1 is 1.28 bits per heavy atom. The van der Waals surface area contributed by atoms with Gasteiger partial charge in [-0.1, -0.05) is 0 Å². The van der Waals surface area contributed by atoms with E-state index in [4.69, 9.17) is 0 Å². The monoisotopic (exact) mass is 428 g/mol. The van der Waals surface area contributed by atoms with Crippen LogP contribution in [0.3, 0.4) is 0 Å². The molecule has 0 aliphatic carbocycles. The van der Waals surface area contributed by atoms with Crippen molar-refractivity contribution in [3.8, 4) is 0 Å². The van der Waals surface area contributed by atoms with E-state index >= 15 is 0 Å². The van der Waals surface area contributed by atoms with Gasteiger partial charge in [-0.05, 0) is 31.9 Å². The molecule has 0 saturated carbocycles. The fourth-order valence-electron chi connectivity index (χ4n) is 4.09. The minimum Gasteiger partial charge on any atom is -0.348 e. The normalized spacial score (nSPS) is 29.6. The SMILES string of the molecule is CS(=O)(=O)N1CC[C@@H](Nc2ncc3ccn([C@@H]4CCCNC[C@@H]4F)c3n2)[C@H](F)C1. The van der Waals surface area contributed by atoms with Crippen molar-refractivity contribution >= 4 is 27.0 Å². The van der Waals surface area contributed by atoms with Crippen molar-refractivity contribution in [1.82, 2.24) is 24.2 Å². The lowest BCUT2D eigenvalue weighted by Crippen LogP contribution is -2.49. The van der Waals surface area contributed by atoms with Crippen LogP contribution >= 0.6 is 0 Å². The van der Waals surface area contributed by atoms with Crippen molar-refractivity contribution in [3.05, 3.63) is 18.5 Å². The van der Waals surface area contributed by atoms with E-state index in [-0.39, 0.29) is 25.1 Å². The Morgan fingerprint density at radius 3 is 2.86 bits per heavy atom. The first-order valence-electron chi connectivity index (χ1n) is 9.87. The molecule has 0 spiro atoms. The first kappa shape index (κ1) is 20.4. The van der Waals surface area contributed by atoms with E-state index in [1.165, 1.54) is 0 Å². The quantitative estimate of drug-likeness (QED) is 0.767. The molecule has 2 aliphatic rings. The Bertz CT molecular complexity index is 968. The standard InChI is InChI=1S/C18H26F2N6O2S/c1-29(27,28)25-7-5-15(14(20)11-25)23-18-22-9-12-4-8-26(17(12)24-18)16-3-2-6-21-10-13(16)19/h4,8-9,13-16,21H,2-3,5-7,10-11H2,1H3,(H,22,23,24)/t13-,14+,15+,16+/m0/s1. The third kappa shape index (κ3) is 4.36. The van der Waals surface area contributed by atoms with E-state index in [0.29, 0.717) is 25.0 Å². The van der Waals surface area contributed by atoms with Crippen LogP contribution < -0.4 is 10.6 Å². The number of fused-ring (bicyclic) bond motifs is 1. The van der Waals surface area contributed by atoms with Gasteiger partial charge in [-0.2, -0.15) is 9.29 Å². The van der Waals surface area contributed by atoms with Gasteiger partial charge in [-0.15, -0.1) is 0 Å². The summed E-state index contributed by atoms with van der Waals surface area (Å²) < 4.78 is 55.4. The van der Waals surface area contributed by atoms with Crippen molar-refractivity contribution in [1.29, 1.82) is 0 Å². The molecule has 0 unspecified atom stereocenters. The highest BCUT2D eigenvalue weighted by atomic mass is 32.2. The number of piperidine rings is 1. The third-order valence-corrected chi connectivity index (χ3v) is 6.98. The summed E-state index contributed by atoms with van der Waals surface area (Å²) in [6, 6.07) is 0.967. The Labute approximate surface area is 168 Å². The molecule has 8 nitrogen and oxygen atoms in total. The average Bonchev–Trinajstić information content (AvgIpc) is 2.96. The number of anilines is 1. The molecule has 2 aromatic rings. The van der Waals surface area contributed by atoms with Crippen LogP contribution in [-0.2, 0) is 10.0 Å². The highest BCUT2D eigenvalue weighted by Gasteiger charge is 2.33. The van der Waals surface area contributed by atoms with Gasteiger partial charge in [0.15, 0.2) is 0 Å². The number of hydrogen-bond acceptors (Lipinski definition) is 6. The molecule has 4 atom stereocenters. The molecule has 29 heavy (non-hydrogen) atoms. The molecule has 2 N–H and O–H groups in total. The van der Waals surface area contributed by atoms with Crippen molar-refractivity contribution in [2.75, 3.05) is 37.8 Å². The van der Waals surface area contributed by atoms with Crippen LogP contribution in [0.25, 0.3) is 11.0 Å². The molecule has 160 valence electrons. The van der Waals surface area contributed by atoms with Gasteiger partial charge in [-0.3, -0.25) is 0 Å². The second kappa shape index (κ2) is 8.11. The number of sulfonamides is 1. The van der Waals surface area contributed by atoms with E-state index in [1.54, 1.807) is 6.20 Å². The number of nitrogens with zero attached hydrogens (tertiary/aromatic N) is 4. The maximum absolute atomic E-state index is 14.6. The van der Waals surface area contributed by atoms with Crippen molar-refractivity contribution in [3.63, 3.8) is 0 Å². The fourth-order valence-corrected chi connectivity index (χ4v) is 4.94. The second-order valence-corrected chi connectivity index (χ2v) is 9.78. The molecular weight excluding hydrogens is 402 g/mol. The zero-order chi connectivity index (χ0) is 20.6. The fraction of sp³-hybridized carbons (Fsp3) is 0.667. The summed E-state index contributed by atoms with van der Waals surface area (Å²) in [5.41, 5.74) is 0.612. The molecule has 0 radical (unpaired) electrons. The van der Waals surface area contributed by atoms with Crippen LogP contribution in [0.15, 0.2) is 18.5 Å². The van der Waals surface area contributed by atoms with E-state index in [2.05, 4.69) is 20.6 Å². The van der Waals surface area contributed by atoms with Gasteiger partial charge in [0, 0.05) is 37.4 Å². The minimum atomic E-state index is -3.41. The maximum Gasteiger partial charge on any atom is 0.224 e. The van der Waals surface area contributed by atoms with Crippen molar-refractivity contribution < 1.29 is 17.2 Å². The van der Waals surface area contributed by atoms with Crippen LogP contribution in [0.4, 0.5) is 14.7 Å². The number of hydrogen-bond donors (Lipinski definition) is 2. The summed E-state index contributed by atoms with van der Waals surface area (Å²) >= 11 is 0. The Kier molecular flexibility index (Phi) is 5.71. The second-order valence-electron chi connectivity index (χ2n) is 7.80. The smallest absolute Gasteiger partial charge is 0.224 e. The number of aromatic nitrogens is 3. The summed E-state index contributed by atoms with van der Waals surface area (Å²) in [7, 11) is -3.41. The number of alkyl halides is 2. The summed E-state index contributed by atoms with van der Waals surface area (Å²) in [5.74, 6) is 0.264. The number of halogens is 2. The molecule has 4 rings (SSSR count). The topological polar surface area (TPSA) is 92.2 Å². The highest BCUT2D eigenvalue weighted by molar-refractivity contribution is 7.88. The molecule has 4 heterocycles. The zero-order valence-electron chi connectivity index (χ0n) is 16.3. The van der Waals surface area contributed by atoms with Gasteiger partial charge in [-0.25, -0.2) is 22.2 Å². The lowest BCUT2D eigenvalue weighted by molar-refractivity contribution is 0.186. The van der Waals surface area contributed by atoms with Crippen LogP contribution in [0.1, 0.15) is 25.3 Å². The first-order valence-corrected chi connectivity index (χ1v) is 11.7. The largest absolute Gasteiger partial charge is 0.348 e. The predicted octanol–water partition coefficient (Wildman–Crippen LogP) is 1.48. The molecule has 2 aliphatic heterocycles. The summed E-state index contributed by atoms with van der Waals surface area (Å²) in [5, 5.41) is 6.89. The van der Waals surface area contributed by atoms with Gasteiger partial charge in [0.25, 0.3) is 0 Å². The third-order valence-electron chi connectivity index (χ3n) is 5.71. The first-order chi connectivity index (χ1) is 13.8. The Morgan fingerprint density at radius 2 is 2.10 bits per heavy atom. The summed E-state index contributed by atoms with van der Waals surface area (Å²) in [6.45, 7) is 1.16. The van der Waals surface area contributed by atoms with Gasteiger partial charge >= 0.3 is 0 Å². The van der Waals surface area contributed by atoms with Crippen molar-refractivity contribution in [2.45, 2.75) is 43.7 Å². The maximum atomic E-state index is 14.6. The molecule has 11 heteroatoms.